The largest absolute Gasteiger partial charge is 0.460 e. The molecule has 0 saturated carbocycles. The molecule has 0 aromatic carbocycles. The van der Waals surface area contributed by atoms with Crippen LogP contribution in [0.1, 0.15) is 0 Å². The van der Waals surface area contributed by atoms with Crippen molar-refractivity contribution < 1.29 is 83.8 Å². The van der Waals surface area contributed by atoms with E-state index in [0.717, 1.165) is 0 Å². The summed E-state index contributed by atoms with van der Waals surface area (Å²) in [5.74, 6) is -39.5. The predicted molar refractivity (Wildman–Crippen MR) is 52.0 cm³/mol. The Hall–Kier alpha value is -1.56. The van der Waals surface area contributed by atoms with Crippen molar-refractivity contribution >= 4 is 0 Å². The molecule has 0 aromatic rings. The Morgan fingerprint density at radius 3 is 1.21 bits per heavy atom. The first-order valence-corrected chi connectivity index (χ1v) is 6.00. The van der Waals surface area contributed by atoms with Crippen LogP contribution in [0.5, 0.6) is 0 Å². The molecule has 0 fully saturated rings. The first kappa shape index (κ1) is 27.4. The molecule has 19 heteroatoms. The van der Waals surface area contributed by atoms with E-state index in [0.29, 0.717) is 0 Å². The maximum absolute atomic E-state index is 13.0. The van der Waals surface area contributed by atoms with Crippen molar-refractivity contribution in [1.29, 1.82) is 0 Å². The summed E-state index contributed by atoms with van der Waals surface area (Å²) in [4.78, 5) is 0. The number of halogens is 18. The fourth-order valence-corrected chi connectivity index (χ4v) is 1.19. The van der Waals surface area contributed by atoms with Gasteiger partial charge < -0.3 is 4.74 Å². The zero-order chi connectivity index (χ0) is 24.1. The lowest BCUT2D eigenvalue weighted by atomic mass is 9.98. The molecule has 0 heterocycles. The van der Waals surface area contributed by atoms with E-state index in [9.17, 15) is 79.0 Å². The Kier molecular flexibility index (Phi) is 6.90. The molecular weight excluding hydrogens is 478 g/mol. The van der Waals surface area contributed by atoms with Gasteiger partial charge in [-0.3, -0.25) is 0 Å². The molecule has 0 bridgehead atoms. The van der Waals surface area contributed by atoms with Crippen LogP contribution in [0.4, 0.5) is 79.0 Å². The number of rotatable bonds is 7. The molecule has 29 heavy (non-hydrogen) atoms. The van der Waals surface area contributed by atoms with E-state index in [1.54, 1.807) is 0 Å². The fraction of sp³-hybridized carbons (Fsp3) is 0.800. The van der Waals surface area contributed by atoms with Crippen molar-refractivity contribution in [1.82, 2.24) is 0 Å². The van der Waals surface area contributed by atoms with Crippen LogP contribution in [0.15, 0.2) is 11.7 Å². The minimum Gasteiger partial charge on any atom is -0.308 e. The number of ether oxygens (including phenoxy) is 1. The smallest absolute Gasteiger partial charge is 0.308 e. The van der Waals surface area contributed by atoms with Gasteiger partial charge in [-0.05, 0) is 0 Å². The summed E-state index contributed by atoms with van der Waals surface area (Å²) in [5.41, 5.74) is 0. The molecule has 0 aliphatic carbocycles. The molecule has 0 spiro atoms. The third kappa shape index (κ3) is 4.79. The average Bonchev–Trinajstić information content (AvgIpc) is 2.49. The summed E-state index contributed by atoms with van der Waals surface area (Å²) in [6.45, 7) is -4.05. The van der Waals surface area contributed by atoms with E-state index in [-0.39, 0.29) is 0 Å². The zero-order valence-corrected chi connectivity index (χ0v) is 12.4. The predicted octanol–water partition coefficient (Wildman–Crippen LogP) is 6.41. The summed E-state index contributed by atoms with van der Waals surface area (Å²) in [6.07, 6.45) is -20.6. The van der Waals surface area contributed by atoms with Crippen molar-refractivity contribution in [2.24, 2.45) is 0 Å². The third-order valence-electron chi connectivity index (χ3n) is 2.74. The second-order valence-corrected chi connectivity index (χ2v) is 4.86. The van der Waals surface area contributed by atoms with E-state index in [4.69, 9.17) is 0 Å². The van der Waals surface area contributed by atoms with Crippen molar-refractivity contribution in [3.05, 3.63) is 11.7 Å². The molecule has 0 rings (SSSR count). The second-order valence-electron chi connectivity index (χ2n) is 4.86. The van der Waals surface area contributed by atoms with Gasteiger partial charge in [-0.2, -0.15) is 79.0 Å². The number of allylic oxidation sites excluding steroid dienone is 1. The topological polar surface area (TPSA) is 9.23 Å². The number of alkyl halides is 16. The summed E-state index contributed by atoms with van der Waals surface area (Å²) in [5, 5.41) is 0. The van der Waals surface area contributed by atoms with Crippen LogP contribution in [-0.2, 0) is 4.74 Å². The standard InChI is InChI=1S/C10H2F18O/c11-2(5(15,16)17)3(12)6(18,19)29-1-4(13,14)7(20,21)8(22,23)9(24,25)10(26,27)28/h1H2. The first-order chi connectivity index (χ1) is 12.3. The van der Waals surface area contributed by atoms with Crippen LogP contribution in [0.25, 0.3) is 0 Å². The van der Waals surface area contributed by atoms with Crippen molar-refractivity contribution in [2.45, 2.75) is 42.2 Å². The lowest BCUT2D eigenvalue weighted by Crippen LogP contribution is -2.67. The van der Waals surface area contributed by atoms with E-state index in [1.165, 1.54) is 0 Å². The van der Waals surface area contributed by atoms with E-state index in [2.05, 4.69) is 4.74 Å². The van der Waals surface area contributed by atoms with Gasteiger partial charge in [-0.25, -0.2) is 0 Å². The quantitative estimate of drug-likeness (QED) is 0.383. The minimum absolute atomic E-state index is 2.16. The van der Waals surface area contributed by atoms with Gasteiger partial charge >= 0.3 is 42.2 Å². The fourth-order valence-electron chi connectivity index (χ4n) is 1.19. The molecule has 1 nitrogen and oxygen atoms in total. The van der Waals surface area contributed by atoms with Crippen LogP contribution in [0, 0.1) is 0 Å². The van der Waals surface area contributed by atoms with Gasteiger partial charge in [0.1, 0.15) is 6.61 Å². The maximum Gasteiger partial charge on any atom is 0.460 e. The molecule has 0 saturated heterocycles. The maximum atomic E-state index is 13.0. The van der Waals surface area contributed by atoms with Crippen LogP contribution in [-0.4, -0.2) is 48.8 Å². The first-order valence-electron chi connectivity index (χ1n) is 6.00. The summed E-state index contributed by atoms with van der Waals surface area (Å²) >= 11 is 0. The third-order valence-corrected chi connectivity index (χ3v) is 2.74. The Bertz CT molecular complexity index is 622. The molecule has 174 valence electrons. The summed E-state index contributed by atoms with van der Waals surface area (Å²) < 4.78 is 225. The summed E-state index contributed by atoms with van der Waals surface area (Å²) in [7, 11) is 0. The zero-order valence-electron chi connectivity index (χ0n) is 12.4. The second kappa shape index (κ2) is 7.29. The van der Waals surface area contributed by atoms with Crippen LogP contribution in [0.2, 0.25) is 0 Å². The Balaban J connectivity index is 5.93. The molecule has 0 unspecified atom stereocenters. The summed E-state index contributed by atoms with van der Waals surface area (Å²) in [6, 6.07) is 0. The highest BCUT2D eigenvalue weighted by molar-refractivity contribution is 5.11. The molecule has 0 atom stereocenters. The lowest BCUT2D eigenvalue weighted by molar-refractivity contribution is -0.427. The SMILES string of the molecule is FC(=C(F)C(F)(F)OCC(F)(F)C(F)(F)C(F)(F)C(F)(F)C(F)(F)F)C(F)(F)F. The molecule has 0 radical (unpaired) electrons. The molecule has 0 amide bonds. The van der Waals surface area contributed by atoms with Gasteiger partial charge in [0.15, 0.2) is 0 Å². The van der Waals surface area contributed by atoms with Gasteiger partial charge in [-0.15, -0.1) is 0 Å². The van der Waals surface area contributed by atoms with Crippen molar-refractivity contribution in [3.63, 3.8) is 0 Å². The average molecular weight is 480 g/mol. The molecule has 0 aromatic heterocycles. The van der Waals surface area contributed by atoms with Gasteiger partial charge in [0, 0.05) is 0 Å². The lowest BCUT2D eigenvalue weighted by Gasteiger charge is -2.37. The van der Waals surface area contributed by atoms with Gasteiger partial charge in [0.2, 0.25) is 11.7 Å². The van der Waals surface area contributed by atoms with Gasteiger partial charge in [0.25, 0.3) is 0 Å². The molecular formula is C10H2F18O. The highest BCUT2D eigenvalue weighted by atomic mass is 19.4. The number of hydrogen-bond donors (Lipinski definition) is 0. The van der Waals surface area contributed by atoms with E-state index < -0.39 is 60.4 Å². The van der Waals surface area contributed by atoms with Crippen LogP contribution in [0.3, 0.4) is 0 Å². The van der Waals surface area contributed by atoms with Gasteiger partial charge in [0.05, 0.1) is 0 Å². The van der Waals surface area contributed by atoms with E-state index in [1.807, 2.05) is 0 Å². The van der Waals surface area contributed by atoms with Crippen molar-refractivity contribution in [3.8, 4) is 0 Å². The van der Waals surface area contributed by atoms with Crippen LogP contribution < -0.4 is 0 Å². The Morgan fingerprint density at radius 2 is 0.897 bits per heavy atom. The van der Waals surface area contributed by atoms with Crippen molar-refractivity contribution in [2.75, 3.05) is 6.61 Å². The minimum atomic E-state index is -8.02. The monoisotopic (exact) mass is 480 g/mol. The Morgan fingerprint density at radius 1 is 0.517 bits per heavy atom. The van der Waals surface area contributed by atoms with Gasteiger partial charge in [-0.1, -0.05) is 0 Å². The Labute approximate surface area is 145 Å². The number of hydrogen-bond acceptors (Lipinski definition) is 1. The highest BCUT2D eigenvalue weighted by Gasteiger charge is 2.87. The van der Waals surface area contributed by atoms with E-state index >= 15 is 0 Å². The van der Waals surface area contributed by atoms with Crippen LogP contribution >= 0.6 is 0 Å². The molecule has 0 N–H and O–H groups in total. The highest BCUT2D eigenvalue weighted by Crippen LogP contribution is 2.57. The normalized spacial score (nSPS) is 16.8. The molecule has 0 aliphatic heterocycles. The molecule has 0 aliphatic rings.